The molecule has 3 aliphatic heterocycles. The number of ether oxygens (including phenoxy) is 1. The van der Waals surface area contributed by atoms with Crippen LogP contribution in [0.2, 0.25) is 5.02 Å². The van der Waals surface area contributed by atoms with Crippen molar-refractivity contribution in [1.29, 1.82) is 0 Å². The summed E-state index contributed by atoms with van der Waals surface area (Å²) in [6.07, 6.45) is -3.64. The minimum Gasteiger partial charge on any atom is -0.457 e. The molecule has 3 aliphatic rings. The third-order valence-electron chi connectivity index (χ3n) is 9.75. The van der Waals surface area contributed by atoms with E-state index < -0.39 is 24.0 Å². The van der Waals surface area contributed by atoms with Crippen LogP contribution in [0.15, 0.2) is 91.0 Å². The second-order valence-corrected chi connectivity index (χ2v) is 13.3. The topological polar surface area (TPSA) is 65.1 Å². The van der Waals surface area contributed by atoms with Crippen LogP contribution in [0.1, 0.15) is 45.5 Å². The summed E-state index contributed by atoms with van der Waals surface area (Å²) in [5.41, 5.74) is 3.53. The Hall–Kier alpha value is -4.54. The Morgan fingerprint density at radius 2 is 1.57 bits per heavy atom. The second kappa shape index (κ2) is 13.4. The number of benzene rings is 4. The van der Waals surface area contributed by atoms with Crippen molar-refractivity contribution in [2.24, 2.45) is 0 Å². The molecule has 7 nitrogen and oxygen atoms in total. The lowest BCUT2D eigenvalue weighted by Crippen LogP contribution is -2.50. The Morgan fingerprint density at radius 3 is 2.24 bits per heavy atom. The standard InChI is InChI=1S/C38H36ClF3N4O3/c39-28-8-5-7-26(21-28)23-46-24-27-13-14-29(22-30(27)35(46)47)45-19-17-44(18-20-45)16-6-15-37(36(48)43-25-38(40,41)42)31-9-1-3-11-33(31)49-34-12-4-2-10-32(34)37/h1-5,7-14,21-22H,6,15-20,23-25H2,(H,43,48). The van der Waals surface area contributed by atoms with E-state index in [1.54, 1.807) is 48.5 Å². The van der Waals surface area contributed by atoms with E-state index in [-0.39, 0.29) is 5.91 Å². The Bertz CT molecular complexity index is 1830. The maximum atomic E-state index is 13.9. The number of halogens is 4. The van der Waals surface area contributed by atoms with E-state index >= 15 is 0 Å². The number of hydrogen-bond acceptors (Lipinski definition) is 5. The third-order valence-corrected chi connectivity index (χ3v) is 9.98. The van der Waals surface area contributed by atoms with Gasteiger partial charge in [0, 0.05) is 66.7 Å². The van der Waals surface area contributed by atoms with Crippen molar-refractivity contribution in [1.82, 2.24) is 15.1 Å². The highest BCUT2D eigenvalue weighted by Crippen LogP contribution is 2.50. The van der Waals surface area contributed by atoms with Crippen molar-refractivity contribution in [2.45, 2.75) is 37.5 Å². The first kappa shape index (κ1) is 33.0. The summed E-state index contributed by atoms with van der Waals surface area (Å²) < 4.78 is 45.9. The number of nitrogens with one attached hydrogen (secondary N) is 1. The van der Waals surface area contributed by atoms with E-state index in [1.807, 2.05) is 41.3 Å². The molecule has 0 aromatic heterocycles. The maximum absolute atomic E-state index is 13.9. The van der Waals surface area contributed by atoms with Crippen molar-refractivity contribution in [3.8, 4) is 11.5 Å². The van der Waals surface area contributed by atoms with Crippen LogP contribution in [0.4, 0.5) is 18.9 Å². The van der Waals surface area contributed by atoms with E-state index in [1.165, 1.54) is 0 Å². The van der Waals surface area contributed by atoms with Crippen molar-refractivity contribution in [3.63, 3.8) is 0 Å². The van der Waals surface area contributed by atoms with Crippen molar-refractivity contribution >= 4 is 29.1 Å². The molecular formula is C38H36ClF3N4O3. The van der Waals surface area contributed by atoms with Crippen molar-refractivity contribution in [3.05, 3.63) is 124 Å². The zero-order valence-electron chi connectivity index (χ0n) is 26.8. The lowest BCUT2D eigenvalue weighted by Gasteiger charge is -2.40. The fraction of sp³-hybridized carbons (Fsp3) is 0.316. The third kappa shape index (κ3) is 6.72. The number of fused-ring (bicyclic) bond motifs is 3. The summed E-state index contributed by atoms with van der Waals surface area (Å²) in [5, 5.41) is 2.84. The van der Waals surface area contributed by atoms with Gasteiger partial charge in [-0.25, -0.2) is 0 Å². The van der Waals surface area contributed by atoms with E-state index in [0.29, 0.717) is 60.1 Å². The van der Waals surface area contributed by atoms with Gasteiger partial charge >= 0.3 is 6.18 Å². The van der Waals surface area contributed by atoms with Crippen LogP contribution in [0.25, 0.3) is 0 Å². The molecule has 254 valence electrons. The Kier molecular flexibility index (Phi) is 9.02. The number of hydrogen-bond donors (Lipinski definition) is 1. The Labute approximate surface area is 288 Å². The molecule has 4 aromatic rings. The summed E-state index contributed by atoms with van der Waals surface area (Å²) in [5.74, 6) is 0.268. The number of rotatable bonds is 9. The largest absolute Gasteiger partial charge is 0.457 e. The zero-order valence-corrected chi connectivity index (χ0v) is 27.6. The molecule has 1 fully saturated rings. The predicted octanol–water partition coefficient (Wildman–Crippen LogP) is 7.17. The number of para-hydroxylation sites is 2. The van der Waals surface area contributed by atoms with Crippen LogP contribution >= 0.6 is 11.6 Å². The minimum atomic E-state index is -4.54. The molecule has 2 amide bonds. The first-order valence-corrected chi connectivity index (χ1v) is 16.8. The maximum Gasteiger partial charge on any atom is 0.405 e. The van der Waals surface area contributed by atoms with Gasteiger partial charge < -0.3 is 19.9 Å². The molecule has 49 heavy (non-hydrogen) atoms. The number of amides is 2. The first-order chi connectivity index (χ1) is 23.6. The fourth-order valence-corrected chi connectivity index (χ4v) is 7.58. The monoisotopic (exact) mass is 688 g/mol. The molecule has 0 unspecified atom stereocenters. The van der Waals surface area contributed by atoms with E-state index in [4.69, 9.17) is 16.3 Å². The second-order valence-electron chi connectivity index (χ2n) is 12.9. The van der Waals surface area contributed by atoms with E-state index in [2.05, 4.69) is 21.2 Å². The average molecular weight is 689 g/mol. The quantitative estimate of drug-likeness (QED) is 0.202. The minimum absolute atomic E-state index is 0.0138. The van der Waals surface area contributed by atoms with Crippen molar-refractivity contribution in [2.75, 3.05) is 44.2 Å². The predicted molar refractivity (Wildman–Crippen MR) is 182 cm³/mol. The van der Waals surface area contributed by atoms with Crippen LogP contribution in [0, 0.1) is 0 Å². The summed E-state index contributed by atoms with van der Waals surface area (Å²) >= 11 is 6.15. The van der Waals surface area contributed by atoms with Crippen LogP contribution in [0.3, 0.4) is 0 Å². The highest BCUT2D eigenvalue weighted by molar-refractivity contribution is 6.30. The molecule has 0 atom stereocenters. The SMILES string of the molecule is O=C1c2cc(N3CCN(CCCC4(C(=O)NCC(F)(F)F)c5ccccc5Oc5ccccc54)CC3)ccc2CN1Cc1cccc(Cl)c1. The molecule has 11 heteroatoms. The molecule has 1 N–H and O–H groups in total. The zero-order chi connectivity index (χ0) is 34.2. The molecule has 3 heterocycles. The van der Waals surface area contributed by atoms with Gasteiger partial charge in [0.2, 0.25) is 5.91 Å². The fourth-order valence-electron chi connectivity index (χ4n) is 7.37. The normalized spacial score (nSPS) is 16.9. The number of alkyl halides is 3. The molecule has 1 saturated heterocycles. The number of carbonyl (C=O) groups excluding carboxylic acids is 2. The molecule has 4 aromatic carbocycles. The summed E-state index contributed by atoms with van der Waals surface area (Å²) in [6, 6.07) is 27.9. The molecule has 7 rings (SSSR count). The van der Waals surface area contributed by atoms with Gasteiger partial charge in [-0.2, -0.15) is 13.2 Å². The smallest absolute Gasteiger partial charge is 0.405 e. The summed E-state index contributed by atoms with van der Waals surface area (Å²) in [7, 11) is 0. The van der Waals surface area contributed by atoms with Gasteiger partial charge in [-0.3, -0.25) is 14.5 Å². The van der Waals surface area contributed by atoms with E-state index in [9.17, 15) is 22.8 Å². The van der Waals surface area contributed by atoms with Crippen LogP contribution in [0.5, 0.6) is 11.5 Å². The molecule has 0 spiro atoms. The summed E-state index contributed by atoms with van der Waals surface area (Å²) in [6.45, 7) is 3.39. The lowest BCUT2D eigenvalue weighted by molar-refractivity contribution is -0.141. The Balaban J connectivity index is 1.01. The Morgan fingerprint density at radius 1 is 0.878 bits per heavy atom. The molecular weight excluding hydrogens is 653 g/mol. The molecule has 0 saturated carbocycles. The number of nitrogens with zero attached hydrogens (tertiary/aromatic N) is 3. The average Bonchev–Trinajstić information content (AvgIpc) is 3.40. The van der Waals surface area contributed by atoms with Gasteiger partial charge in [0.05, 0.1) is 0 Å². The van der Waals surface area contributed by atoms with Gasteiger partial charge in [0.15, 0.2) is 0 Å². The molecule has 0 aliphatic carbocycles. The number of piperazine rings is 1. The molecule has 0 bridgehead atoms. The highest BCUT2D eigenvalue weighted by Gasteiger charge is 2.48. The molecule has 0 radical (unpaired) electrons. The summed E-state index contributed by atoms with van der Waals surface area (Å²) in [4.78, 5) is 33.6. The van der Waals surface area contributed by atoms with Gasteiger partial charge in [-0.15, -0.1) is 0 Å². The number of anilines is 1. The van der Waals surface area contributed by atoms with E-state index in [0.717, 1.165) is 48.6 Å². The van der Waals surface area contributed by atoms with Crippen LogP contribution < -0.4 is 15.0 Å². The van der Waals surface area contributed by atoms with Crippen LogP contribution in [-0.2, 0) is 23.3 Å². The highest BCUT2D eigenvalue weighted by atomic mass is 35.5. The van der Waals surface area contributed by atoms with Crippen LogP contribution in [-0.4, -0.2) is 67.1 Å². The van der Waals surface area contributed by atoms with Gasteiger partial charge in [0.25, 0.3) is 5.91 Å². The first-order valence-electron chi connectivity index (χ1n) is 16.5. The van der Waals surface area contributed by atoms with Gasteiger partial charge in [-0.1, -0.05) is 66.2 Å². The lowest BCUT2D eigenvalue weighted by atomic mass is 9.68. The van der Waals surface area contributed by atoms with Gasteiger partial charge in [0.1, 0.15) is 23.5 Å². The van der Waals surface area contributed by atoms with Crippen molar-refractivity contribution < 1.29 is 27.5 Å². The number of carbonyl (C=O) groups is 2. The van der Waals surface area contributed by atoms with Gasteiger partial charge in [-0.05, 0) is 66.9 Å².